The molecule has 8 nitrogen and oxygen atoms in total. The minimum absolute atomic E-state index is 0.213. The lowest BCUT2D eigenvalue weighted by Crippen LogP contribution is -2.39. The highest BCUT2D eigenvalue weighted by Gasteiger charge is 2.26. The summed E-state index contributed by atoms with van der Waals surface area (Å²) >= 11 is 0. The zero-order chi connectivity index (χ0) is 20.2. The van der Waals surface area contributed by atoms with Gasteiger partial charge >= 0.3 is 6.03 Å². The number of amides is 2. The van der Waals surface area contributed by atoms with Crippen molar-refractivity contribution in [1.29, 1.82) is 5.26 Å². The molecule has 2 aliphatic rings. The van der Waals surface area contributed by atoms with Crippen LogP contribution in [0.4, 0.5) is 16.4 Å². The highest BCUT2D eigenvalue weighted by Crippen LogP contribution is 2.31. The number of fused-ring (bicyclic) bond motifs is 1. The second-order valence-corrected chi connectivity index (χ2v) is 7.18. The number of carbonyl (C=O) groups excluding carboxylic acids is 2. The van der Waals surface area contributed by atoms with E-state index < -0.39 is 0 Å². The van der Waals surface area contributed by atoms with Gasteiger partial charge in [0.25, 0.3) is 0 Å². The Hall–Kier alpha value is -3.31. The van der Waals surface area contributed by atoms with E-state index in [4.69, 9.17) is 4.74 Å². The Morgan fingerprint density at radius 2 is 2.17 bits per heavy atom. The van der Waals surface area contributed by atoms with E-state index in [1.54, 1.807) is 17.0 Å². The number of carbonyl (C=O) groups is 2. The van der Waals surface area contributed by atoms with Crippen LogP contribution in [0.2, 0.25) is 0 Å². The zero-order valence-corrected chi connectivity index (χ0v) is 15.9. The maximum Gasteiger partial charge on any atom is 0.328 e. The molecule has 0 unspecified atom stereocenters. The molecule has 4 heterocycles. The molecule has 1 N–H and O–H groups in total. The second-order valence-electron chi connectivity index (χ2n) is 7.18. The molecule has 0 spiro atoms. The molecule has 0 aliphatic carbocycles. The molecule has 2 aromatic heterocycles. The summed E-state index contributed by atoms with van der Waals surface area (Å²) < 4.78 is 5.41. The van der Waals surface area contributed by atoms with E-state index in [0.29, 0.717) is 48.9 Å². The number of aromatic nitrogens is 2. The smallest absolute Gasteiger partial charge is 0.328 e. The van der Waals surface area contributed by atoms with E-state index in [1.165, 1.54) is 6.20 Å². The van der Waals surface area contributed by atoms with Crippen molar-refractivity contribution in [3.8, 4) is 6.07 Å². The van der Waals surface area contributed by atoms with Crippen LogP contribution < -0.4 is 10.2 Å². The van der Waals surface area contributed by atoms with Crippen molar-refractivity contribution in [2.24, 2.45) is 0 Å². The third-order valence-electron chi connectivity index (χ3n) is 5.38. The van der Waals surface area contributed by atoms with Gasteiger partial charge in [-0.05, 0) is 54.9 Å². The molecular formula is C21H21N5O3. The van der Waals surface area contributed by atoms with Crippen LogP contribution in [0.15, 0.2) is 24.4 Å². The quantitative estimate of drug-likeness (QED) is 0.806. The number of urea groups is 1. The van der Waals surface area contributed by atoms with E-state index in [9.17, 15) is 14.9 Å². The van der Waals surface area contributed by atoms with E-state index in [-0.39, 0.29) is 11.9 Å². The van der Waals surface area contributed by atoms with Crippen LogP contribution in [0.3, 0.4) is 0 Å². The van der Waals surface area contributed by atoms with Crippen LogP contribution in [0.5, 0.6) is 0 Å². The zero-order valence-electron chi connectivity index (χ0n) is 15.9. The minimum atomic E-state index is -0.350. The van der Waals surface area contributed by atoms with Gasteiger partial charge in [-0.1, -0.05) is 6.07 Å². The van der Waals surface area contributed by atoms with Gasteiger partial charge in [-0.3, -0.25) is 15.0 Å². The van der Waals surface area contributed by atoms with E-state index >= 15 is 0 Å². The molecular weight excluding hydrogens is 370 g/mol. The molecule has 0 radical (unpaired) electrons. The van der Waals surface area contributed by atoms with Crippen LogP contribution in [0.25, 0.3) is 0 Å². The van der Waals surface area contributed by atoms with E-state index in [0.717, 1.165) is 36.8 Å². The number of hydrogen-bond acceptors (Lipinski definition) is 6. The fraction of sp³-hybridized carbons (Fsp3) is 0.381. The number of ether oxygens (including phenoxy) is 1. The lowest BCUT2D eigenvalue weighted by molar-refractivity contribution is 0.0853. The van der Waals surface area contributed by atoms with Crippen molar-refractivity contribution in [3.63, 3.8) is 0 Å². The summed E-state index contributed by atoms with van der Waals surface area (Å²) in [6.45, 7) is 1.83. The van der Waals surface area contributed by atoms with Gasteiger partial charge in [-0.2, -0.15) is 5.26 Å². The number of anilines is 2. The first kappa shape index (κ1) is 19.0. The molecule has 0 bridgehead atoms. The number of aryl methyl sites for hydroxylation is 1. The number of nitrogens with zero attached hydrogens (tertiary/aromatic N) is 4. The Balaban J connectivity index is 1.58. The fourth-order valence-corrected chi connectivity index (χ4v) is 3.87. The van der Waals surface area contributed by atoms with Crippen molar-refractivity contribution in [2.75, 3.05) is 30.0 Å². The lowest BCUT2D eigenvalue weighted by atomic mass is 9.89. The number of hydrogen-bond donors (Lipinski definition) is 1. The molecule has 29 heavy (non-hydrogen) atoms. The van der Waals surface area contributed by atoms with Gasteiger partial charge in [0.15, 0.2) is 6.29 Å². The predicted octanol–water partition coefficient (Wildman–Crippen LogP) is 3.04. The Morgan fingerprint density at radius 1 is 1.34 bits per heavy atom. The third-order valence-corrected chi connectivity index (χ3v) is 5.38. The highest BCUT2D eigenvalue weighted by atomic mass is 16.5. The molecule has 148 valence electrons. The topological polar surface area (TPSA) is 108 Å². The summed E-state index contributed by atoms with van der Waals surface area (Å²) in [6.07, 6.45) is 5.49. The summed E-state index contributed by atoms with van der Waals surface area (Å²) in [5.74, 6) is 1.12. The first-order chi connectivity index (χ1) is 14.2. The Morgan fingerprint density at radius 3 is 2.93 bits per heavy atom. The van der Waals surface area contributed by atoms with E-state index in [1.807, 2.05) is 6.07 Å². The molecule has 2 aromatic rings. The van der Waals surface area contributed by atoms with Gasteiger partial charge < -0.3 is 4.74 Å². The number of rotatable bonds is 3. The maximum absolute atomic E-state index is 12.9. The highest BCUT2D eigenvalue weighted by molar-refractivity contribution is 6.01. The van der Waals surface area contributed by atoms with Crippen molar-refractivity contribution < 1.29 is 14.3 Å². The molecule has 0 aromatic carbocycles. The number of pyridine rings is 2. The van der Waals surface area contributed by atoms with Crippen LogP contribution in [-0.2, 0) is 11.2 Å². The minimum Gasteiger partial charge on any atom is -0.381 e. The van der Waals surface area contributed by atoms with Crippen LogP contribution in [0, 0.1) is 11.3 Å². The Kier molecular flexibility index (Phi) is 5.49. The van der Waals surface area contributed by atoms with Crippen molar-refractivity contribution in [3.05, 3.63) is 46.8 Å². The van der Waals surface area contributed by atoms with Gasteiger partial charge in [0.05, 0.1) is 5.56 Å². The van der Waals surface area contributed by atoms with Crippen molar-refractivity contribution >= 4 is 24.0 Å². The average molecular weight is 391 g/mol. The van der Waals surface area contributed by atoms with Crippen molar-refractivity contribution in [2.45, 2.75) is 31.6 Å². The first-order valence-electron chi connectivity index (χ1n) is 9.71. The molecule has 2 aliphatic heterocycles. The second kappa shape index (κ2) is 8.37. The van der Waals surface area contributed by atoms with Gasteiger partial charge in [0.2, 0.25) is 0 Å². The SMILES string of the molecule is N#Cc1cnc(NC(=O)N2CCCc3ccc(C=O)nc32)cc1C1CCOCC1. The average Bonchev–Trinajstić information content (AvgIpc) is 2.78. The van der Waals surface area contributed by atoms with Crippen molar-refractivity contribution in [1.82, 2.24) is 9.97 Å². The van der Waals surface area contributed by atoms with Gasteiger partial charge in [-0.15, -0.1) is 0 Å². The van der Waals surface area contributed by atoms with Crippen LogP contribution >= 0.6 is 0 Å². The molecule has 0 atom stereocenters. The Bertz CT molecular complexity index is 979. The van der Waals surface area contributed by atoms with Gasteiger partial charge in [-0.25, -0.2) is 14.8 Å². The largest absolute Gasteiger partial charge is 0.381 e. The summed E-state index contributed by atoms with van der Waals surface area (Å²) in [4.78, 5) is 34.1. The number of aldehydes is 1. The Labute approximate surface area is 168 Å². The lowest BCUT2D eigenvalue weighted by Gasteiger charge is -2.28. The molecule has 4 rings (SSSR count). The summed E-state index contributed by atoms with van der Waals surface area (Å²) in [5.41, 5.74) is 2.64. The monoisotopic (exact) mass is 391 g/mol. The summed E-state index contributed by atoms with van der Waals surface area (Å²) in [5, 5.41) is 12.3. The molecule has 1 fully saturated rings. The molecule has 0 saturated carbocycles. The van der Waals surface area contributed by atoms with Crippen LogP contribution in [-0.4, -0.2) is 42.0 Å². The standard InChI is InChI=1S/C21H21N5O3/c22-11-16-12-23-19(10-18(16)14-5-8-29-9-6-14)25-21(28)26-7-1-2-15-3-4-17(13-27)24-20(15)26/h3-4,10,12-14H,1-2,5-9H2,(H,23,25,28). The molecule has 8 heteroatoms. The number of nitriles is 1. The first-order valence-corrected chi connectivity index (χ1v) is 9.71. The summed E-state index contributed by atoms with van der Waals surface area (Å²) in [7, 11) is 0. The maximum atomic E-state index is 12.9. The van der Waals surface area contributed by atoms with Gasteiger partial charge in [0, 0.05) is 26.0 Å². The molecule has 1 saturated heterocycles. The third kappa shape index (κ3) is 3.96. The molecule has 2 amide bonds. The fourth-order valence-electron chi connectivity index (χ4n) is 3.87. The van der Waals surface area contributed by atoms with E-state index in [2.05, 4.69) is 21.4 Å². The number of nitrogens with one attached hydrogen (secondary N) is 1. The predicted molar refractivity (Wildman–Crippen MR) is 106 cm³/mol. The summed E-state index contributed by atoms with van der Waals surface area (Å²) in [6, 6.07) is 7.13. The van der Waals surface area contributed by atoms with Crippen LogP contribution in [0.1, 0.15) is 52.4 Å². The van der Waals surface area contributed by atoms with Gasteiger partial charge in [0.1, 0.15) is 23.4 Å². The normalized spacial score (nSPS) is 16.6.